The summed E-state index contributed by atoms with van der Waals surface area (Å²) in [5.41, 5.74) is 0.815. The molecule has 118 valence electrons. The Labute approximate surface area is 121 Å². The summed E-state index contributed by atoms with van der Waals surface area (Å²) in [5, 5.41) is 13.8. The minimum atomic E-state index is -3.41. The minimum absolute atomic E-state index is 0.0636. The molecular formula is C9H17N7O4S. The summed E-state index contributed by atoms with van der Waals surface area (Å²) in [4.78, 5) is 17.8. The third-order valence-corrected chi connectivity index (χ3v) is 3.22. The van der Waals surface area contributed by atoms with Crippen LogP contribution in [0.3, 0.4) is 0 Å². The van der Waals surface area contributed by atoms with Crippen molar-refractivity contribution in [1.82, 2.24) is 14.7 Å². The van der Waals surface area contributed by atoms with Crippen molar-refractivity contribution in [2.75, 3.05) is 23.5 Å². The van der Waals surface area contributed by atoms with E-state index in [1.165, 1.54) is 0 Å². The number of nitrogens with one attached hydrogen (secondary N) is 3. The topological polar surface area (TPSA) is 165 Å². The Balaban J connectivity index is 2.97. The number of nitrogens with two attached hydrogens (primary N) is 1. The van der Waals surface area contributed by atoms with Gasteiger partial charge in [0.2, 0.25) is 21.7 Å². The average Bonchev–Trinajstić information content (AvgIpc) is 2.32. The van der Waals surface area contributed by atoms with Gasteiger partial charge in [-0.25, -0.2) is 29.0 Å². The number of hydrogen-bond donors (Lipinski definition) is 4. The standard InChI is InChI=1S/C9H17N7O4S/c1-9(2,15-21(3,19)20)4-11-7-6(16(17)18)8(14-10)13-5-12-7/h5,15H,4,10H2,1-3H3,(H2,11,12,13,14). The van der Waals surface area contributed by atoms with Gasteiger partial charge in [0.1, 0.15) is 6.33 Å². The predicted molar refractivity (Wildman–Crippen MR) is 77.0 cm³/mol. The first-order valence-corrected chi connectivity index (χ1v) is 7.64. The summed E-state index contributed by atoms with van der Waals surface area (Å²) in [6, 6.07) is 0. The number of hydrogen-bond acceptors (Lipinski definition) is 9. The molecule has 0 aliphatic rings. The van der Waals surface area contributed by atoms with Gasteiger partial charge < -0.3 is 10.7 Å². The number of anilines is 2. The van der Waals surface area contributed by atoms with E-state index in [9.17, 15) is 18.5 Å². The van der Waals surface area contributed by atoms with E-state index in [1.807, 2.05) is 0 Å². The highest BCUT2D eigenvalue weighted by Crippen LogP contribution is 2.28. The molecule has 1 rings (SSSR count). The largest absolute Gasteiger partial charge is 0.362 e. The van der Waals surface area contributed by atoms with Gasteiger partial charge in [-0.05, 0) is 13.8 Å². The van der Waals surface area contributed by atoms with Crippen LogP contribution >= 0.6 is 0 Å². The summed E-state index contributed by atoms with van der Waals surface area (Å²) >= 11 is 0. The van der Waals surface area contributed by atoms with Crippen molar-refractivity contribution in [2.24, 2.45) is 5.84 Å². The molecule has 21 heavy (non-hydrogen) atoms. The summed E-state index contributed by atoms with van der Waals surface area (Å²) < 4.78 is 24.9. The Kier molecular flexibility index (Phi) is 4.98. The average molecular weight is 319 g/mol. The molecular weight excluding hydrogens is 302 g/mol. The van der Waals surface area contributed by atoms with Crippen molar-refractivity contribution in [3.63, 3.8) is 0 Å². The second kappa shape index (κ2) is 6.15. The molecule has 0 unspecified atom stereocenters. The van der Waals surface area contributed by atoms with Gasteiger partial charge in [0.15, 0.2) is 0 Å². The lowest BCUT2D eigenvalue weighted by molar-refractivity contribution is -0.383. The summed E-state index contributed by atoms with van der Waals surface area (Å²) in [5.74, 6) is 4.95. The van der Waals surface area contributed by atoms with E-state index in [-0.39, 0.29) is 18.2 Å². The van der Waals surface area contributed by atoms with Gasteiger partial charge in [0.25, 0.3) is 0 Å². The Morgan fingerprint density at radius 2 is 1.95 bits per heavy atom. The van der Waals surface area contributed by atoms with Gasteiger partial charge in [0, 0.05) is 12.1 Å². The van der Waals surface area contributed by atoms with Crippen LogP contribution in [0.4, 0.5) is 17.3 Å². The molecule has 0 fully saturated rings. The first-order valence-electron chi connectivity index (χ1n) is 5.74. The number of nitrogen functional groups attached to an aromatic ring is 1. The maximum absolute atomic E-state index is 11.2. The highest BCUT2D eigenvalue weighted by Gasteiger charge is 2.26. The van der Waals surface area contributed by atoms with E-state index in [1.54, 1.807) is 13.8 Å². The van der Waals surface area contributed by atoms with E-state index < -0.39 is 26.2 Å². The van der Waals surface area contributed by atoms with Gasteiger partial charge in [-0.1, -0.05) is 0 Å². The van der Waals surface area contributed by atoms with Crippen LogP contribution in [0.15, 0.2) is 6.33 Å². The third kappa shape index (κ3) is 5.09. The van der Waals surface area contributed by atoms with Crippen molar-refractivity contribution in [1.29, 1.82) is 0 Å². The molecule has 0 amide bonds. The lowest BCUT2D eigenvalue weighted by Gasteiger charge is -2.25. The highest BCUT2D eigenvalue weighted by atomic mass is 32.2. The van der Waals surface area contributed by atoms with Crippen molar-refractivity contribution >= 4 is 27.3 Å². The van der Waals surface area contributed by atoms with Crippen LogP contribution < -0.4 is 21.3 Å². The molecule has 12 heteroatoms. The number of nitro groups is 1. The zero-order valence-electron chi connectivity index (χ0n) is 11.7. The highest BCUT2D eigenvalue weighted by molar-refractivity contribution is 7.88. The smallest absolute Gasteiger partial charge is 0.354 e. The van der Waals surface area contributed by atoms with Gasteiger partial charge >= 0.3 is 5.69 Å². The van der Waals surface area contributed by atoms with Crippen LogP contribution in [0.2, 0.25) is 0 Å². The van der Waals surface area contributed by atoms with Crippen molar-refractivity contribution in [2.45, 2.75) is 19.4 Å². The molecule has 0 aliphatic carbocycles. The number of rotatable bonds is 7. The van der Waals surface area contributed by atoms with Crippen LogP contribution in [0.5, 0.6) is 0 Å². The molecule has 11 nitrogen and oxygen atoms in total. The number of aromatic nitrogens is 2. The van der Waals surface area contributed by atoms with E-state index >= 15 is 0 Å². The van der Waals surface area contributed by atoms with Gasteiger partial charge in [-0.2, -0.15) is 0 Å². The number of hydrazine groups is 1. The normalized spacial score (nSPS) is 12.0. The van der Waals surface area contributed by atoms with Crippen molar-refractivity contribution < 1.29 is 13.3 Å². The zero-order valence-corrected chi connectivity index (χ0v) is 12.6. The van der Waals surface area contributed by atoms with Crippen LogP contribution in [0.1, 0.15) is 13.8 Å². The molecule has 0 radical (unpaired) electrons. The molecule has 0 bridgehead atoms. The van der Waals surface area contributed by atoms with E-state index in [0.29, 0.717) is 0 Å². The Morgan fingerprint density at radius 3 is 2.43 bits per heavy atom. The maximum atomic E-state index is 11.2. The molecule has 0 aromatic carbocycles. The number of nitrogens with zero attached hydrogens (tertiary/aromatic N) is 3. The van der Waals surface area contributed by atoms with Crippen molar-refractivity contribution in [3.8, 4) is 0 Å². The second-order valence-electron chi connectivity index (χ2n) is 4.93. The fraction of sp³-hybridized carbons (Fsp3) is 0.556. The Hall–Kier alpha value is -2.05. The van der Waals surface area contributed by atoms with E-state index in [2.05, 4.69) is 25.4 Å². The summed E-state index contributed by atoms with van der Waals surface area (Å²) in [6.45, 7) is 3.31. The van der Waals surface area contributed by atoms with Crippen LogP contribution in [0, 0.1) is 10.1 Å². The summed E-state index contributed by atoms with van der Waals surface area (Å²) in [6.07, 6.45) is 2.12. The first kappa shape index (κ1) is 17.0. The number of sulfonamides is 1. The first-order chi connectivity index (χ1) is 9.56. The molecule has 5 N–H and O–H groups in total. The van der Waals surface area contributed by atoms with E-state index in [0.717, 1.165) is 12.6 Å². The zero-order chi connectivity index (χ0) is 16.3. The lowest BCUT2D eigenvalue weighted by Crippen LogP contribution is -2.47. The quantitative estimate of drug-likeness (QED) is 0.292. The SMILES string of the molecule is CC(C)(CNc1ncnc(NN)c1[N+](=O)[O-])NS(C)(=O)=O. The Morgan fingerprint density at radius 1 is 1.38 bits per heavy atom. The van der Waals surface area contributed by atoms with Gasteiger partial charge in [-0.3, -0.25) is 10.1 Å². The summed E-state index contributed by atoms with van der Waals surface area (Å²) in [7, 11) is -3.41. The predicted octanol–water partition coefficient (Wildman–Crippen LogP) is -0.590. The molecule has 0 saturated heterocycles. The van der Waals surface area contributed by atoms with Crippen LogP contribution in [-0.2, 0) is 10.0 Å². The maximum Gasteiger partial charge on any atom is 0.354 e. The van der Waals surface area contributed by atoms with Crippen molar-refractivity contribution in [3.05, 3.63) is 16.4 Å². The molecule has 0 spiro atoms. The molecule has 1 heterocycles. The van der Waals surface area contributed by atoms with Gasteiger partial charge in [0.05, 0.1) is 11.2 Å². The van der Waals surface area contributed by atoms with E-state index in [4.69, 9.17) is 5.84 Å². The molecule has 1 aromatic heterocycles. The monoisotopic (exact) mass is 319 g/mol. The second-order valence-corrected chi connectivity index (χ2v) is 6.68. The molecule has 0 aliphatic heterocycles. The fourth-order valence-electron chi connectivity index (χ4n) is 1.63. The fourth-order valence-corrected chi connectivity index (χ4v) is 2.71. The third-order valence-electron chi connectivity index (χ3n) is 2.30. The van der Waals surface area contributed by atoms with Crippen LogP contribution in [0.25, 0.3) is 0 Å². The molecule has 0 saturated carbocycles. The lowest BCUT2D eigenvalue weighted by atomic mass is 10.1. The molecule has 1 aromatic rings. The minimum Gasteiger partial charge on any atom is -0.362 e. The van der Waals surface area contributed by atoms with Gasteiger partial charge in [-0.15, -0.1) is 0 Å². The van der Waals surface area contributed by atoms with Crippen LogP contribution in [-0.4, -0.2) is 41.6 Å². The Bertz CT molecular complexity index is 631. The molecule has 0 atom stereocenters.